The van der Waals surface area contributed by atoms with E-state index in [4.69, 9.17) is 33.2 Å². The number of hydrogen-bond acceptors (Lipinski definition) is 7. The van der Waals surface area contributed by atoms with Crippen molar-refractivity contribution in [3.05, 3.63) is 24.3 Å². The quantitative estimate of drug-likeness (QED) is 0.0349. The van der Waals surface area contributed by atoms with Crippen molar-refractivity contribution >= 4 is 0 Å². The van der Waals surface area contributed by atoms with Crippen LogP contribution in [0.3, 0.4) is 0 Å². The first-order valence-electron chi connectivity index (χ1n) is 22.7. The van der Waals surface area contributed by atoms with Crippen LogP contribution in [0.5, 0.6) is 0 Å². The Morgan fingerprint density at radius 2 is 0.660 bits per heavy atom. The van der Waals surface area contributed by atoms with E-state index in [9.17, 15) is 0 Å². The summed E-state index contributed by atoms with van der Waals surface area (Å²) in [5, 5.41) is 0. The van der Waals surface area contributed by atoms with Gasteiger partial charge in [-0.3, -0.25) is 0 Å². The summed E-state index contributed by atoms with van der Waals surface area (Å²) >= 11 is 0. The van der Waals surface area contributed by atoms with Crippen molar-refractivity contribution in [1.29, 1.82) is 0 Å². The average Bonchev–Trinajstić information content (AvgIpc) is 3.17. The summed E-state index contributed by atoms with van der Waals surface area (Å²) in [6.45, 7) is 12.2. The fourth-order valence-electron chi connectivity index (χ4n) is 6.16. The van der Waals surface area contributed by atoms with Gasteiger partial charge in [0.15, 0.2) is 25.2 Å². The summed E-state index contributed by atoms with van der Waals surface area (Å²) in [5.41, 5.74) is 0. The highest BCUT2D eigenvalue weighted by atomic mass is 16.8. The molecule has 0 saturated carbocycles. The Bertz CT molecular complexity index is 661. The van der Waals surface area contributed by atoms with Crippen molar-refractivity contribution in [2.45, 2.75) is 233 Å². The minimum atomic E-state index is -0.408. The van der Waals surface area contributed by atoms with Crippen molar-refractivity contribution in [3.8, 4) is 0 Å². The predicted octanol–water partition coefficient (Wildman–Crippen LogP) is 13.8. The zero-order valence-electron chi connectivity index (χ0n) is 36.1. The van der Waals surface area contributed by atoms with E-state index in [1.807, 2.05) is 12.2 Å². The molecule has 0 fully saturated rings. The number of methoxy groups -OCH3 is 2. The summed E-state index contributed by atoms with van der Waals surface area (Å²) in [6.07, 6.45) is 40.9. The Morgan fingerprint density at radius 3 is 0.962 bits per heavy atom. The Balaban J connectivity index is 4.05. The fourth-order valence-corrected chi connectivity index (χ4v) is 6.16. The molecule has 2 unspecified atom stereocenters. The van der Waals surface area contributed by atoms with Gasteiger partial charge < -0.3 is 33.2 Å². The molecular formula is C46H90O7. The molecule has 0 aliphatic heterocycles. The van der Waals surface area contributed by atoms with Gasteiger partial charge >= 0.3 is 0 Å². The predicted molar refractivity (Wildman–Crippen MR) is 224 cm³/mol. The first-order valence-corrected chi connectivity index (χ1v) is 22.7. The van der Waals surface area contributed by atoms with Crippen molar-refractivity contribution < 1.29 is 33.2 Å². The summed E-state index contributed by atoms with van der Waals surface area (Å²) < 4.78 is 41.4. The topological polar surface area (TPSA) is 64.6 Å². The molecule has 0 aliphatic rings. The van der Waals surface area contributed by atoms with Crippen LogP contribution in [0.1, 0.15) is 207 Å². The molecule has 0 aromatic carbocycles. The molecule has 0 bridgehead atoms. The van der Waals surface area contributed by atoms with E-state index >= 15 is 0 Å². The monoisotopic (exact) mass is 755 g/mol. The minimum Gasteiger partial charge on any atom is -0.353 e. The smallest absolute Gasteiger partial charge is 0.179 e. The van der Waals surface area contributed by atoms with E-state index in [2.05, 4.69) is 39.8 Å². The Morgan fingerprint density at radius 1 is 0.358 bits per heavy atom. The molecule has 0 saturated heterocycles. The lowest BCUT2D eigenvalue weighted by Crippen LogP contribution is -2.22. The second-order valence-corrected chi connectivity index (χ2v) is 14.8. The normalized spacial score (nSPS) is 13.4. The van der Waals surface area contributed by atoms with E-state index in [0.717, 1.165) is 77.8 Å². The van der Waals surface area contributed by atoms with Crippen LogP contribution >= 0.6 is 0 Å². The second-order valence-electron chi connectivity index (χ2n) is 14.8. The van der Waals surface area contributed by atoms with Gasteiger partial charge in [-0.2, -0.15) is 0 Å². The van der Waals surface area contributed by atoms with Crippen LogP contribution in [0, 0.1) is 0 Å². The zero-order valence-corrected chi connectivity index (χ0v) is 36.1. The van der Waals surface area contributed by atoms with Gasteiger partial charge in [0.2, 0.25) is 0 Å². The van der Waals surface area contributed by atoms with Crippen molar-refractivity contribution in [3.63, 3.8) is 0 Å². The lowest BCUT2D eigenvalue weighted by molar-refractivity contribution is -0.188. The van der Waals surface area contributed by atoms with E-state index in [1.54, 1.807) is 14.2 Å². The number of unbranched alkanes of at least 4 members (excludes halogenated alkanes) is 20. The number of rotatable bonds is 44. The molecule has 0 aliphatic carbocycles. The molecule has 0 amide bonds. The number of ether oxygens (including phenoxy) is 7. The maximum atomic E-state index is 6.06. The molecule has 7 heteroatoms. The molecule has 53 heavy (non-hydrogen) atoms. The molecule has 316 valence electrons. The van der Waals surface area contributed by atoms with E-state index in [0.29, 0.717) is 0 Å². The molecule has 0 N–H and O–H groups in total. The number of allylic oxidation sites excluding steroid dienone is 2. The summed E-state index contributed by atoms with van der Waals surface area (Å²) in [6, 6.07) is 0. The molecule has 0 heterocycles. The Kier molecular flexibility index (Phi) is 43.3. The van der Waals surface area contributed by atoms with Crippen LogP contribution in [0.2, 0.25) is 0 Å². The van der Waals surface area contributed by atoms with Crippen molar-refractivity contribution in [2.24, 2.45) is 0 Å². The van der Waals surface area contributed by atoms with Gasteiger partial charge in [-0.25, -0.2) is 0 Å². The summed E-state index contributed by atoms with van der Waals surface area (Å²) in [5.74, 6) is 0. The van der Waals surface area contributed by atoms with Gasteiger partial charge in [0.05, 0.1) is 0 Å². The van der Waals surface area contributed by atoms with E-state index in [-0.39, 0.29) is 12.6 Å². The van der Waals surface area contributed by atoms with Gasteiger partial charge in [0, 0.05) is 40.6 Å². The molecule has 0 aromatic heterocycles. The van der Waals surface area contributed by atoms with Gasteiger partial charge in [-0.15, -0.1) is 0 Å². The van der Waals surface area contributed by atoms with Gasteiger partial charge in [-0.05, 0) is 89.2 Å². The molecule has 2 atom stereocenters. The molecule has 7 nitrogen and oxygen atoms in total. The van der Waals surface area contributed by atoms with Crippen molar-refractivity contribution in [1.82, 2.24) is 0 Å². The zero-order chi connectivity index (χ0) is 38.7. The number of hydrogen-bond donors (Lipinski definition) is 0. The first kappa shape index (κ1) is 52.2. The van der Waals surface area contributed by atoms with Crippen molar-refractivity contribution in [2.75, 3.05) is 40.6 Å². The second kappa shape index (κ2) is 43.9. The summed E-state index contributed by atoms with van der Waals surface area (Å²) in [7, 11) is 3.37. The van der Waals surface area contributed by atoms with Gasteiger partial charge in [-0.1, -0.05) is 143 Å². The highest BCUT2D eigenvalue weighted by Gasteiger charge is 2.12. The highest BCUT2D eigenvalue weighted by Crippen LogP contribution is 2.16. The largest absolute Gasteiger partial charge is 0.353 e. The van der Waals surface area contributed by atoms with Crippen LogP contribution in [0.4, 0.5) is 0 Å². The van der Waals surface area contributed by atoms with Gasteiger partial charge in [0.25, 0.3) is 0 Å². The standard InChI is InChI=1S/C46H90O7/c1-7-11-31-39-49-45(50-40-32-12-8-2)37-29-25-21-17-15-19-23-27-35-43(47-5)53-44(48-6)36-28-24-20-16-18-22-26-30-38-46(51-41-33-13-9-3)52-42-34-14-10-4/h27-28,35-36,43-46H,7-26,29-34,37-42H2,1-6H3. The van der Waals surface area contributed by atoms with Crippen LogP contribution in [0.25, 0.3) is 0 Å². The van der Waals surface area contributed by atoms with Crippen LogP contribution in [0.15, 0.2) is 24.3 Å². The maximum Gasteiger partial charge on any atom is 0.179 e. The maximum absolute atomic E-state index is 6.06. The first-order chi connectivity index (χ1) is 26.1. The third kappa shape index (κ3) is 37.9. The summed E-state index contributed by atoms with van der Waals surface area (Å²) in [4.78, 5) is 0. The highest BCUT2D eigenvalue weighted by molar-refractivity contribution is 4.89. The fraction of sp³-hybridized carbons (Fsp3) is 0.913. The third-order valence-electron chi connectivity index (χ3n) is 9.65. The molecule has 0 rings (SSSR count). The molecule has 0 radical (unpaired) electrons. The molecule has 0 spiro atoms. The van der Waals surface area contributed by atoms with E-state index in [1.165, 1.54) is 128 Å². The van der Waals surface area contributed by atoms with Crippen LogP contribution in [-0.4, -0.2) is 65.8 Å². The minimum absolute atomic E-state index is 0.0194. The van der Waals surface area contributed by atoms with E-state index < -0.39 is 12.6 Å². The SMILES string of the molecule is CCCCCOC(CCCCCCCCC=CC(OC)OC(C=CCCCCCCCCC(OCCCCC)OCCCCC)OC)OCCCCC. The Labute approximate surface area is 330 Å². The lowest BCUT2D eigenvalue weighted by Gasteiger charge is -2.19. The Hall–Kier alpha value is -0.800. The third-order valence-corrected chi connectivity index (χ3v) is 9.65. The lowest BCUT2D eigenvalue weighted by atomic mass is 10.1. The van der Waals surface area contributed by atoms with Crippen LogP contribution < -0.4 is 0 Å². The molecule has 0 aromatic rings. The van der Waals surface area contributed by atoms with Crippen LogP contribution in [-0.2, 0) is 33.2 Å². The van der Waals surface area contributed by atoms with Gasteiger partial charge in [0.1, 0.15) is 0 Å². The molecular weight excluding hydrogens is 664 g/mol. The average molecular weight is 755 g/mol.